The molecule has 0 amide bonds. The highest BCUT2D eigenvalue weighted by Gasteiger charge is 2.22. The third kappa shape index (κ3) is 5.21. The third-order valence-electron chi connectivity index (χ3n) is 9.84. The van der Waals surface area contributed by atoms with Gasteiger partial charge in [0.15, 0.2) is 0 Å². The lowest BCUT2D eigenvalue weighted by molar-refractivity contribution is 1.31. The zero-order chi connectivity index (χ0) is 33.7. The van der Waals surface area contributed by atoms with Crippen LogP contribution in [0.3, 0.4) is 0 Å². The molecule has 0 aliphatic rings. The maximum atomic E-state index is 2.50. The fourth-order valence-electron chi connectivity index (χ4n) is 7.46. The Bertz CT molecular complexity index is 2790. The van der Waals surface area contributed by atoms with E-state index in [1.165, 1.54) is 79.4 Å². The van der Waals surface area contributed by atoms with E-state index in [0.717, 1.165) is 11.4 Å². The molecule has 0 unspecified atom stereocenters. The van der Waals surface area contributed by atoms with E-state index in [1.54, 1.807) is 0 Å². The normalized spacial score (nSPS) is 11.5. The smallest absolute Gasteiger partial charge is 0.0640 e. The van der Waals surface area contributed by atoms with Crippen LogP contribution in [0.1, 0.15) is 0 Å². The molecule has 0 bridgehead atoms. The van der Waals surface area contributed by atoms with Crippen molar-refractivity contribution in [2.24, 2.45) is 0 Å². The fraction of sp³-hybridized carbons (Fsp3) is 0. The van der Waals surface area contributed by atoms with Gasteiger partial charge in [0.1, 0.15) is 0 Å². The monoisotopic (exact) mass is 685 g/mol. The molecule has 0 aliphatic heterocycles. The number of benzene rings is 8. The van der Waals surface area contributed by atoms with Gasteiger partial charge in [0.25, 0.3) is 0 Å². The van der Waals surface area contributed by atoms with Gasteiger partial charge >= 0.3 is 0 Å². The topological polar surface area (TPSA) is 3.24 Å². The summed E-state index contributed by atoms with van der Waals surface area (Å²) in [5.74, 6) is 0. The van der Waals surface area contributed by atoms with Crippen LogP contribution in [0.2, 0.25) is 0 Å². The second-order valence-corrected chi connectivity index (χ2v) is 15.1. The average Bonchev–Trinajstić information content (AvgIpc) is 3.78. The van der Waals surface area contributed by atoms with E-state index in [2.05, 4.69) is 193 Å². The Morgan fingerprint density at radius 1 is 0.333 bits per heavy atom. The van der Waals surface area contributed by atoms with Gasteiger partial charge in [-0.05, 0) is 88.0 Å². The molecule has 0 N–H and O–H groups in total. The Kier molecular flexibility index (Phi) is 7.26. The van der Waals surface area contributed by atoms with Crippen molar-refractivity contribution >= 4 is 80.1 Å². The molecule has 0 fully saturated rings. The van der Waals surface area contributed by atoms with Crippen molar-refractivity contribution in [3.63, 3.8) is 0 Å². The number of rotatable bonds is 6. The third-order valence-corrected chi connectivity index (χ3v) is 12.2. The van der Waals surface area contributed by atoms with Gasteiger partial charge in [0, 0.05) is 47.0 Å². The minimum Gasteiger partial charge on any atom is -0.309 e. The Balaban J connectivity index is 1.30. The Hall–Kier alpha value is -6.00. The van der Waals surface area contributed by atoms with E-state index in [0.29, 0.717) is 0 Å². The summed E-state index contributed by atoms with van der Waals surface area (Å²) >= 11 is 3.75. The predicted octanol–water partition coefficient (Wildman–Crippen LogP) is 14.9. The maximum Gasteiger partial charge on any atom is 0.0640 e. The van der Waals surface area contributed by atoms with Crippen molar-refractivity contribution in [3.05, 3.63) is 188 Å². The summed E-state index contributed by atoms with van der Waals surface area (Å²) in [6.45, 7) is 0. The molecule has 3 heteroatoms. The van der Waals surface area contributed by atoms with Crippen LogP contribution in [0, 0.1) is 0 Å². The highest BCUT2D eigenvalue weighted by Crippen LogP contribution is 2.50. The van der Waals surface area contributed by atoms with E-state index in [9.17, 15) is 0 Å². The lowest BCUT2D eigenvalue weighted by Crippen LogP contribution is -2.10. The zero-order valence-electron chi connectivity index (χ0n) is 27.7. The molecule has 0 atom stereocenters. The van der Waals surface area contributed by atoms with Crippen LogP contribution in [0.15, 0.2) is 188 Å². The molecular formula is C48H31NS2. The molecule has 0 aliphatic carbocycles. The lowest BCUT2D eigenvalue weighted by atomic mass is 9.96. The number of fused-ring (bicyclic) bond motifs is 6. The Morgan fingerprint density at radius 3 is 1.55 bits per heavy atom. The summed E-state index contributed by atoms with van der Waals surface area (Å²) in [7, 11) is 0. The van der Waals surface area contributed by atoms with Gasteiger partial charge in [-0.25, -0.2) is 0 Å². The zero-order valence-corrected chi connectivity index (χ0v) is 29.3. The lowest BCUT2D eigenvalue weighted by Gasteiger charge is -2.28. The fourth-order valence-corrected chi connectivity index (χ4v) is 9.78. The van der Waals surface area contributed by atoms with E-state index >= 15 is 0 Å². The standard InChI is InChI=1S/C48H31NS2/c1-4-14-32(15-5-1)35-28-36(33-16-6-2-7-17-33)30-38(29-35)49(37-24-27-46-42(31-37)40-20-10-12-22-44(40)50-46)43-26-25-39(34-18-8-3-9-19-34)47-41-21-11-13-23-45(41)51-48(43)47/h1-31H. The van der Waals surface area contributed by atoms with Crippen molar-refractivity contribution < 1.29 is 0 Å². The molecule has 0 radical (unpaired) electrons. The van der Waals surface area contributed by atoms with Crippen LogP contribution in [0.4, 0.5) is 17.1 Å². The van der Waals surface area contributed by atoms with E-state index in [4.69, 9.17) is 0 Å². The highest BCUT2D eigenvalue weighted by molar-refractivity contribution is 7.26. The van der Waals surface area contributed by atoms with E-state index in [1.807, 2.05) is 22.7 Å². The van der Waals surface area contributed by atoms with Crippen molar-refractivity contribution in [1.82, 2.24) is 0 Å². The van der Waals surface area contributed by atoms with E-state index in [-0.39, 0.29) is 0 Å². The first-order chi connectivity index (χ1) is 25.3. The molecular weight excluding hydrogens is 655 g/mol. The Labute approximate surface area is 304 Å². The van der Waals surface area contributed by atoms with Crippen LogP contribution in [0.25, 0.3) is 73.7 Å². The summed E-state index contributed by atoms with van der Waals surface area (Å²) in [5, 5.41) is 5.18. The summed E-state index contributed by atoms with van der Waals surface area (Å²) in [5.41, 5.74) is 10.7. The first-order valence-corrected chi connectivity index (χ1v) is 18.9. The molecule has 0 saturated carbocycles. The van der Waals surface area contributed by atoms with Crippen molar-refractivity contribution in [3.8, 4) is 33.4 Å². The van der Waals surface area contributed by atoms with Gasteiger partial charge in [-0.1, -0.05) is 133 Å². The first kappa shape index (κ1) is 29.9. The van der Waals surface area contributed by atoms with Gasteiger partial charge in [-0.15, -0.1) is 22.7 Å². The highest BCUT2D eigenvalue weighted by atomic mass is 32.1. The summed E-state index contributed by atoms with van der Waals surface area (Å²) in [6, 6.07) is 68.7. The second-order valence-electron chi connectivity index (χ2n) is 12.9. The van der Waals surface area contributed by atoms with Crippen molar-refractivity contribution in [2.45, 2.75) is 0 Å². The second kappa shape index (κ2) is 12.4. The number of thiophene rings is 2. The van der Waals surface area contributed by atoms with Crippen LogP contribution < -0.4 is 4.90 Å². The number of hydrogen-bond donors (Lipinski definition) is 0. The summed E-state index contributed by atoms with van der Waals surface area (Å²) in [4.78, 5) is 2.50. The molecule has 2 heterocycles. The molecule has 51 heavy (non-hydrogen) atoms. The van der Waals surface area contributed by atoms with Crippen molar-refractivity contribution in [2.75, 3.05) is 4.90 Å². The largest absolute Gasteiger partial charge is 0.309 e. The molecule has 0 spiro atoms. The molecule has 2 aromatic heterocycles. The van der Waals surface area contributed by atoms with Crippen molar-refractivity contribution in [1.29, 1.82) is 0 Å². The quantitative estimate of drug-likeness (QED) is 0.168. The van der Waals surface area contributed by atoms with Gasteiger partial charge < -0.3 is 4.90 Å². The van der Waals surface area contributed by atoms with Gasteiger partial charge in [0.2, 0.25) is 0 Å². The molecule has 10 rings (SSSR count). The van der Waals surface area contributed by atoms with Crippen LogP contribution in [0.5, 0.6) is 0 Å². The summed E-state index contributed by atoms with van der Waals surface area (Å²) in [6.07, 6.45) is 0. The van der Waals surface area contributed by atoms with Crippen LogP contribution >= 0.6 is 22.7 Å². The van der Waals surface area contributed by atoms with E-state index < -0.39 is 0 Å². The average molecular weight is 686 g/mol. The van der Waals surface area contributed by atoms with Gasteiger partial charge in [-0.2, -0.15) is 0 Å². The minimum atomic E-state index is 1.13. The molecule has 10 aromatic rings. The number of nitrogens with zero attached hydrogens (tertiary/aromatic N) is 1. The predicted molar refractivity (Wildman–Crippen MR) is 223 cm³/mol. The minimum absolute atomic E-state index is 1.13. The first-order valence-electron chi connectivity index (χ1n) is 17.3. The SMILES string of the molecule is c1ccc(-c2cc(-c3ccccc3)cc(N(c3ccc4sc5ccccc5c4c3)c3ccc(-c4ccccc4)c4c3sc3ccccc34)c2)cc1. The molecule has 0 saturated heterocycles. The van der Waals surface area contributed by atoms with Crippen LogP contribution in [-0.4, -0.2) is 0 Å². The van der Waals surface area contributed by atoms with Gasteiger partial charge in [0.05, 0.1) is 10.4 Å². The molecule has 240 valence electrons. The number of anilines is 3. The summed E-state index contributed by atoms with van der Waals surface area (Å²) < 4.78 is 5.18. The molecule has 1 nitrogen and oxygen atoms in total. The van der Waals surface area contributed by atoms with Crippen LogP contribution in [-0.2, 0) is 0 Å². The number of hydrogen-bond acceptors (Lipinski definition) is 3. The Morgan fingerprint density at radius 2 is 0.882 bits per heavy atom. The maximum absolute atomic E-state index is 2.50. The molecule has 8 aromatic carbocycles. The van der Waals surface area contributed by atoms with Gasteiger partial charge in [-0.3, -0.25) is 0 Å².